The molecule has 0 aliphatic rings. The molecule has 2 nitrogen and oxygen atoms in total. The second kappa shape index (κ2) is 3.52. The molecule has 11 heavy (non-hydrogen) atoms. The fraction of sp³-hybridized carbons (Fsp3) is 0.286. The van der Waals surface area contributed by atoms with Gasteiger partial charge < -0.3 is 5.73 Å². The minimum atomic E-state index is -0.0679. The van der Waals surface area contributed by atoms with Crippen molar-refractivity contribution in [1.29, 1.82) is 0 Å². The van der Waals surface area contributed by atoms with Crippen LogP contribution in [-0.2, 0) is 0 Å². The van der Waals surface area contributed by atoms with E-state index >= 15 is 0 Å². The molecule has 0 bridgehead atoms. The Bertz CT molecular complexity index is 263. The summed E-state index contributed by atoms with van der Waals surface area (Å²) in [5.41, 5.74) is 6.46. The zero-order chi connectivity index (χ0) is 8.43. The Morgan fingerprint density at radius 2 is 2.36 bits per heavy atom. The molecule has 0 aliphatic heterocycles. The van der Waals surface area contributed by atoms with E-state index in [1.165, 1.54) is 0 Å². The zero-order valence-corrected chi connectivity index (χ0v) is 8.35. The van der Waals surface area contributed by atoms with Crippen LogP contribution in [-0.4, -0.2) is 4.98 Å². The molecule has 0 unspecified atom stereocenters. The van der Waals surface area contributed by atoms with E-state index in [2.05, 4.69) is 20.9 Å². The smallest absolute Gasteiger partial charge is 0.0710 e. The lowest BCUT2D eigenvalue weighted by Crippen LogP contribution is -2.07. The van der Waals surface area contributed by atoms with Crippen LogP contribution in [0.3, 0.4) is 0 Å². The summed E-state index contributed by atoms with van der Waals surface area (Å²) in [6.45, 7) is 1.88. The maximum absolute atomic E-state index is 5.69. The first-order valence-corrected chi connectivity index (χ1v) is 4.35. The summed E-state index contributed by atoms with van der Waals surface area (Å²) in [5, 5.41) is 0.612. The highest BCUT2D eigenvalue weighted by Gasteiger charge is 2.05. The molecule has 0 saturated heterocycles. The fourth-order valence-corrected chi connectivity index (χ4v) is 1.76. The van der Waals surface area contributed by atoms with Gasteiger partial charge in [-0.05, 0) is 28.9 Å². The van der Waals surface area contributed by atoms with Gasteiger partial charge in [0, 0.05) is 16.7 Å². The maximum Gasteiger partial charge on any atom is 0.0710 e. The van der Waals surface area contributed by atoms with Gasteiger partial charge in [-0.2, -0.15) is 0 Å². The Hall–Kier alpha value is -0.120. The number of nitrogens with two attached hydrogens (primary N) is 1. The molecular formula is C7H8BrClN2. The monoisotopic (exact) mass is 234 g/mol. The van der Waals surface area contributed by atoms with E-state index in [0.29, 0.717) is 5.02 Å². The third-order valence-electron chi connectivity index (χ3n) is 1.27. The second-order valence-corrected chi connectivity index (χ2v) is 3.60. The van der Waals surface area contributed by atoms with Gasteiger partial charge in [-0.1, -0.05) is 11.6 Å². The summed E-state index contributed by atoms with van der Waals surface area (Å²) >= 11 is 9.01. The van der Waals surface area contributed by atoms with Crippen molar-refractivity contribution < 1.29 is 0 Å². The molecule has 1 heterocycles. The topological polar surface area (TPSA) is 38.9 Å². The van der Waals surface area contributed by atoms with Gasteiger partial charge in [0.2, 0.25) is 0 Å². The van der Waals surface area contributed by atoms with Gasteiger partial charge in [-0.3, -0.25) is 4.98 Å². The highest BCUT2D eigenvalue weighted by molar-refractivity contribution is 9.10. The van der Waals surface area contributed by atoms with E-state index in [1.807, 2.05) is 6.92 Å². The second-order valence-electron chi connectivity index (χ2n) is 2.31. The van der Waals surface area contributed by atoms with Crippen LogP contribution in [0, 0.1) is 0 Å². The molecule has 2 N–H and O–H groups in total. The number of aromatic nitrogens is 1. The Balaban J connectivity index is 3.09. The van der Waals surface area contributed by atoms with Gasteiger partial charge in [0.15, 0.2) is 0 Å². The minimum Gasteiger partial charge on any atom is -0.323 e. The SMILES string of the molecule is C[C@@H](N)c1ncc(Cl)cc1Br. The Labute approximate surface area is 78.9 Å². The third kappa shape index (κ3) is 2.15. The summed E-state index contributed by atoms with van der Waals surface area (Å²) in [6.07, 6.45) is 1.59. The minimum absolute atomic E-state index is 0.0679. The first kappa shape index (κ1) is 8.97. The predicted molar refractivity (Wildman–Crippen MR) is 49.5 cm³/mol. The van der Waals surface area contributed by atoms with Crippen molar-refractivity contribution in [3.8, 4) is 0 Å². The lowest BCUT2D eigenvalue weighted by molar-refractivity contribution is 0.775. The van der Waals surface area contributed by atoms with Crippen LogP contribution in [0.5, 0.6) is 0 Å². The highest BCUT2D eigenvalue weighted by atomic mass is 79.9. The van der Waals surface area contributed by atoms with Crippen molar-refractivity contribution in [2.75, 3.05) is 0 Å². The molecule has 60 valence electrons. The molecule has 1 aromatic heterocycles. The summed E-state index contributed by atoms with van der Waals surface area (Å²) in [5.74, 6) is 0. The van der Waals surface area contributed by atoms with E-state index in [1.54, 1.807) is 12.3 Å². The van der Waals surface area contributed by atoms with E-state index in [4.69, 9.17) is 17.3 Å². The van der Waals surface area contributed by atoms with Crippen LogP contribution in [0.15, 0.2) is 16.7 Å². The fourth-order valence-electron chi connectivity index (χ4n) is 0.760. The molecule has 0 aromatic carbocycles. The predicted octanol–water partition coefficient (Wildman–Crippen LogP) is 2.52. The van der Waals surface area contributed by atoms with Crippen LogP contribution in [0.1, 0.15) is 18.7 Å². The number of pyridine rings is 1. The number of hydrogen-bond acceptors (Lipinski definition) is 2. The Kier molecular flexibility index (Phi) is 2.87. The molecule has 4 heteroatoms. The first-order chi connectivity index (χ1) is 5.11. The normalized spacial score (nSPS) is 13.1. The molecule has 1 aromatic rings. The standard InChI is InChI=1S/C7H8BrClN2/c1-4(10)7-6(8)2-5(9)3-11-7/h2-4H,10H2,1H3/t4-/m1/s1. The number of hydrogen-bond donors (Lipinski definition) is 1. The van der Waals surface area contributed by atoms with Crippen LogP contribution < -0.4 is 5.73 Å². The molecule has 1 atom stereocenters. The van der Waals surface area contributed by atoms with Crippen LogP contribution in [0.25, 0.3) is 0 Å². The molecule has 0 spiro atoms. The Morgan fingerprint density at radius 3 is 2.82 bits per heavy atom. The third-order valence-corrected chi connectivity index (χ3v) is 2.11. The number of halogens is 2. The van der Waals surface area contributed by atoms with E-state index < -0.39 is 0 Å². The summed E-state index contributed by atoms with van der Waals surface area (Å²) in [4.78, 5) is 4.07. The largest absolute Gasteiger partial charge is 0.323 e. The highest BCUT2D eigenvalue weighted by Crippen LogP contribution is 2.22. The van der Waals surface area contributed by atoms with Crippen molar-refractivity contribution >= 4 is 27.5 Å². The lowest BCUT2D eigenvalue weighted by Gasteiger charge is -2.06. The van der Waals surface area contributed by atoms with Gasteiger partial charge in [-0.15, -0.1) is 0 Å². The van der Waals surface area contributed by atoms with Crippen molar-refractivity contribution in [2.45, 2.75) is 13.0 Å². The number of rotatable bonds is 1. The molecule has 0 aliphatic carbocycles. The zero-order valence-electron chi connectivity index (χ0n) is 6.01. The molecule has 0 radical (unpaired) electrons. The van der Waals surface area contributed by atoms with Gasteiger partial charge in [0.25, 0.3) is 0 Å². The van der Waals surface area contributed by atoms with E-state index in [-0.39, 0.29) is 6.04 Å². The van der Waals surface area contributed by atoms with Crippen molar-refractivity contribution in [3.05, 3.63) is 27.5 Å². The molecule has 0 saturated carbocycles. The van der Waals surface area contributed by atoms with Crippen molar-refractivity contribution in [3.63, 3.8) is 0 Å². The summed E-state index contributed by atoms with van der Waals surface area (Å²) in [7, 11) is 0. The van der Waals surface area contributed by atoms with Gasteiger partial charge >= 0.3 is 0 Å². The van der Waals surface area contributed by atoms with E-state index in [9.17, 15) is 0 Å². The molecule has 0 fully saturated rings. The summed E-state index contributed by atoms with van der Waals surface area (Å²) in [6, 6.07) is 1.72. The Morgan fingerprint density at radius 1 is 1.73 bits per heavy atom. The maximum atomic E-state index is 5.69. The lowest BCUT2D eigenvalue weighted by atomic mass is 10.2. The van der Waals surface area contributed by atoms with Crippen LogP contribution >= 0.6 is 27.5 Å². The van der Waals surface area contributed by atoms with Crippen LogP contribution in [0.2, 0.25) is 5.02 Å². The van der Waals surface area contributed by atoms with Gasteiger partial charge in [0.1, 0.15) is 0 Å². The average molecular weight is 236 g/mol. The average Bonchev–Trinajstić information content (AvgIpc) is 1.85. The van der Waals surface area contributed by atoms with Gasteiger partial charge in [-0.25, -0.2) is 0 Å². The van der Waals surface area contributed by atoms with Crippen molar-refractivity contribution in [2.24, 2.45) is 5.73 Å². The van der Waals surface area contributed by atoms with E-state index in [0.717, 1.165) is 10.2 Å². The van der Waals surface area contributed by atoms with Gasteiger partial charge in [0.05, 0.1) is 10.7 Å². The molecule has 0 amide bonds. The quantitative estimate of drug-likeness (QED) is 0.812. The summed E-state index contributed by atoms with van der Waals surface area (Å²) < 4.78 is 0.861. The van der Waals surface area contributed by atoms with Crippen LogP contribution in [0.4, 0.5) is 0 Å². The molecular weight excluding hydrogens is 227 g/mol. The number of nitrogens with zero attached hydrogens (tertiary/aromatic N) is 1. The molecule has 1 rings (SSSR count). The van der Waals surface area contributed by atoms with Crippen molar-refractivity contribution in [1.82, 2.24) is 4.98 Å². The first-order valence-electron chi connectivity index (χ1n) is 3.18.